The molecule has 0 aliphatic heterocycles. The van der Waals surface area contributed by atoms with Crippen molar-refractivity contribution in [1.82, 2.24) is 9.78 Å². The lowest BCUT2D eigenvalue weighted by Gasteiger charge is -2.06. The molecule has 0 saturated carbocycles. The highest BCUT2D eigenvalue weighted by atomic mass is 19.1. The summed E-state index contributed by atoms with van der Waals surface area (Å²) in [6.45, 7) is 3.79. The monoisotopic (exact) mass is 350 g/mol. The van der Waals surface area contributed by atoms with Crippen molar-refractivity contribution in [2.45, 2.75) is 13.8 Å². The normalized spacial score (nSPS) is 11.1. The van der Waals surface area contributed by atoms with Crippen LogP contribution >= 0.6 is 0 Å². The van der Waals surface area contributed by atoms with E-state index in [0.717, 1.165) is 11.1 Å². The van der Waals surface area contributed by atoms with Gasteiger partial charge in [0, 0.05) is 5.56 Å². The summed E-state index contributed by atoms with van der Waals surface area (Å²) < 4.78 is 20.0. The number of nitrogens with zero attached hydrogens (tertiary/aromatic N) is 2. The first kappa shape index (κ1) is 17.6. The van der Waals surface area contributed by atoms with Gasteiger partial charge in [0.25, 0.3) is 0 Å². The molecule has 0 unspecified atom stereocenters. The zero-order valence-electron chi connectivity index (χ0n) is 14.9. The Bertz CT molecular complexity index is 972. The van der Waals surface area contributed by atoms with Crippen LogP contribution in [0.15, 0.2) is 54.7 Å². The number of allylic oxidation sites excluding steroid dienone is 1. The zero-order chi connectivity index (χ0) is 18.7. The number of rotatable bonds is 5. The number of benzene rings is 2. The van der Waals surface area contributed by atoms with Crippen molar-refractivity contribution < 1.29 is 13.9 Å². The highest BCUT2D eigenvalue weighted by Crippen LogP contribution is 2.22. The predicted molar refractivity (Wildman–Crippen MR) is 99.4 cm³/mol. The van der Waals surface area contributed by atoms with Crippen LogP contribution in [0.2, 0.25) is 0 Å². The molecule has 0 radical (unpaired) electrons. The Labute approximate surface area is 151 Å². The molecule has 3 aromatic rings. The van der Waals surface area contributed by atoms with Crippen molar-refractivity contribution in [2.75, 3.05) is 7.11 Å². The molecular weight excluding hydrogens is 331 g/mol. The third-order valence-electron chi connectivity index (χ3n) is 4.15. The lowest BCUT2D eigenvalue weighted by atomic mass is 10.1. The van der Waals surface area contributed by atoms with Gasteiger partial charge in [-0.2, -0.15) is 5.10 Å². The van der Waals surface area contributed by atoms with Gasteiger partial charge in [0.05, 0.1) is 30.3 Å². The Morgan fingerprint density at radius 2 is 1.88 bits per heavy atom. The predicted octanol–water partition coefficient (Wildman–Crippen LogP) is 4.53. The number of methoxy groups -OCH3 is 1. The summed E-state index contributed by atoms with van der Waals surface area (Å²) in [7, 11) is 1.60. The van der Waals surface area contributed by atoms with E-state index < -0.39 is 0 Å². The number of hydrogen-bond acceptors (Lipinski definition) is 3. The molecule has 132 valence electrons. The molecule has 0 aliphatic carbocycles. The van der Waals surface area contributed by atoms with E-state index in [4.69, 9.17) is 4.74 Å². The number of halogens is 1. The third kappa shape index (κ3) is 3.57. The highest BCUT2D eigenvalue weighted by molar-refractivity contribution is 6.07. The van der Waals surface area contributed by atoms with Gasteiger partial charge in [-0.3, -0.25) is 4.79 Å². The molecule has 3 rings (SSSR count). The number of carbonyl (C=O) groups is 1. The second-order valence-electron chi connectivity index (χ2n) is 5.97. The molecule has 0 aliphatic rings. The molecule has 1 aromatic heterocycles. The van der Waals surface area contributed by atoms with E-state index in [-0.39, 0.29) is 11.6 Å². The fourth-order valence-electron chi connectivity index (χ4n) is 2.73. The summed E-state index contributed by atoms with van der Waals surface area (Å²) in [6.07, 6.45) is 4.78. The van der Waals surface area contributed by atoms with Crippen molar-refractivity contribution in [3.63, 3.8) is 0 Å². The van der Waals surface area contributed by atoms with Gasteiger partial charge in [0.2, 0.25) is 0 Å². The molecule has 2 aromatic carbocycles. The van der Waals surface area contributed by atoms with Gasteiger partial charge < -0.3 is 4.74 Å². The van der Waals surface area contributed by atoms with Gasteiger partial charge in [-0.15, -0.1) is 0 Å². The van der Waals surface area contributed by atoms with Crippen molar-refractivity contribution in [1.29, 1.82) is 0 Å². The first-order valence-electron chi connectivity index (χ1n) is 8.17. The number of aryl methyl sites for hydroxylation is 1. The van der Waals surface area contributed by atoms with Gasteiger partial charge >= 0.3 is 0 Å². The summed E-state index contributed by atoms with van der Waals surface area (Å²) in [5.74, 6) is 0.239. The van der Waals surface area contributed by atoms with E-state index in [1.165, 1.54) is 24.4 Å². The van der Waals surface area contributed by atoms with E-state index >= 15 is 0 Å². The first-order valence-corrected chi connectivity index (χ1v) is 8.17. The van der Waals surface area contributed by atoms with Gasteiger partial charge in [0.15, 0.2) is 5.78 Å². The third-order valence-corrected chi connectivity index (χ3v) is 4.15. The topological polar surface area (TPSA) is 44.1 Å². The minimum atomic E-state index is -0.315. The zero-order valence-corrected chi connectivity index (χ0v) is 14.9. The number of ketones is 1. The summed E-state index contributed by atoms with van der Waals surface area (Å²) in [5.41, 5.74) is 3.81. The first-order chi connectivity index (χ1) is 12.5. The van der Waals surface area contributed by atoms with Crippen LogP contribution in [0.1, 0.15) is 27.2 Å². The highest BCUT2D eigenvalue weighted by Gasteiger charge is 2.13. The van der Waals surface area contributed by atoms with Crippen LogP contribution in [0.5, 0.6) is 5.75 Å². The Morgan fingerprint density at radius 3 is 2.58 bits per heavy atom. The SMILES string of the molecule is COc1ccc(C)cc1/C=C/C(=O)c1cnn(-c2ccc(F)cc2)c1C. The van der Waals surface area contributed by atoms with Crippen molar-refractivity contribution in [3.8, 4) is 11.4 Å². The molecule has 1 heterocycles. The maximum Gasteiger partial charge on any atom is 0.189 e. The molecule has 0 fully saturated rings. The average molecular weight is 350 g/mol. The fourth-order valence-corrected chi connectivity index (χ4v) is 2.73. The molecule has 4 nitrogen and oxygen atoms in total. The minimum absolute atomic E-state index is 0.153. The van der Waals surface area contributed by atoms with Crippen LogP contribution in [0.3, 0.4) is 0 Å². The molecule has 5 heteroatoms. The van der Waals surface area contributed by atoms with Crippen molar-refractivity contribution in [3.05, 3.63) is 82.9 Å². The Morgan fingerprint density at radius 1 is 1.15 bits per heavy atom. The smallest absolute Gasteiger partial charge is 0.189 e. The van der Waals surface area contributed by atoms with Crippen LogP contribution in [0, 0.1) is 19.7 Å². The molecule has 26 heavy (non-hydrogen) atoms. The van der Waals surface area contributed by atoms with Gasteiger partial charge in [-0.25, -0.2) is 9.07 Å². The van der Waals surface area contributed by atoms with E-state index in [1.807, 2.05) is 32.0 Å². The van der Waals surface area contributed by atoms with E-state index in [0.29, 0.717) is 22.7 Å². The molecular formula is C21H19FN2O2. The summed E-state index contributed by atoms with van der Waals surface area (Å²) in [4.78, 5) is 12.6. The minimum Gasteiger partial charge on any atom is -0.496 e. The average Bonchev–Trinajstić information content (AvgIpc) is 3.02. The lowest BCUT2D eigenvalue weighted by Crippen LogP contribution is -2.01. The second kappa shape index (κ2) is 7.35. The Kier molecular flexibility index (Phi) is 4.98. The van der Waals surface area contributed by atoms with Crippen molar-refractivity contribution >= 4 is 11.9 Å². The van der Waals surface area contributed by atoms with E-state index in [1.54, 1.807) is 30.0 Å². The van der Waals surface area contributed by atoms with E-state index in [9.17, 15) is 9.18 Å². The van der Waals surface area contributed by atoms with Gasteiger partial charge in [-0.05, 0) is 62.4 Å². The molecule has 0 amide bonds. The van der Waals surface area contributed by atoms with Crippen LogP contribution in [-0.4, -0.2) is 22.7 Å². The number of carbonyl (C=O) groups excluding carboxylic acids is 1. The number of hydrogen-bond donors (Lipinski definition) is 0. The largest absolute Gasteiger partial charge is 0.496 e. The quantitative estimate of drug-likeness (QED) is 0.501. The van der Waals surface area contributed by atoms with Crippen LogP contribution in [0.4, 0.5) is 4.39 Å². The standard InChI is InChI=1S/C21H19FN2O2/c1-14-4-11-21(26-3)16(12-14)5-10-20(25)19-13-23-24(15(19)2)18-8-6-17(22)7-9-18/h4-13H,1-3H3/b10-5+. The van der Waals surface area contributed by atoms with E-state index in [2.05, 4.69) is 5.10 Å². The summed E-state index contributed by atoms with van der Waals surface area (Å²) in [5, 5.41) is 4.25. The van der Waals surface area contributed by atoms with Crippen LogP contribution in [0.25, 0.3) is 11.8 Å². The Hall–Kier alpha value is -3.21. The molecule has 0 N–H and O–H groups in total. The maximum atomic E-state index is 13.1. The molecule has 0 atom stereocenters. The molecule has 0 bridgehead atoms. The van der Waals surface area contributed by atoms with Crippen molar-refractivity contribution in [2.24, 2.45) is 0 Å². The summed E-state index contributed by atoms with van der Waals surface area (Å²) >= 11 is 0. The fraction of sp³-hybridized carbons (Fsp3) is 0.143. The lowest BCUT2D eigenvalue weighted by molar-refractivity contribution is 0.104. The number of aromatic nitrogens is 2. The molecule has 0 saturated heterocycles. The number of ether oxygens (including phenoxy) is 1. The van der Waals surface area contributed by atoms with Gasteiger partial charge in [0.1, 0.15) is 11.6 Å². The Balaban J connectivity index is 1.87. The maximum absolute atomic E-state index is 13.1. The van der Waals surface area contributed by atoms with Crippen LogP contribution < -0.4 is 4.74 Å². The second-order valence-corrected chi connectivity index (χ2v) is 5.97. The van der Waals surface area contributed by atoms with Crippen LogP contribution in [-0.2, 0) is 0 Å². The summed E-state index contributed by atoms with van der Waals surface area (Å²) in [6, 6.07) is 11.8. The molecule has 0 spiro atoms. The van der Waals surface area contributed by atoms with Gasteiger partial charge in [-0.1, -0.05) is 11.6 Å².